The number of carbonyl (C=O) groups is 3. The molecule has 0 aliphatic rings. The number of rotatable bonds is 14. The van der Waals surface area contributed by atoms with Crippen LogP contribution in [0.4, 0.5) is 0 Å². The van der Waals surface area contributed by atoms with E-state index in [2.05, 4.69) is 10.6 Å². The van der Waals surface area contributed by atoms with Gasteiger partial charge in [0.15, 0.2) is 6.10 Å². The second-order valence-corrected chi connectivity index (χ2v) is 8.44. The Balaban J connectivity index is 2.87. The number of aliphatic hydroxyl groups excluding tert-OH is 4. The van der Waals surface area contributed by atoms with Crippen LogP contribution in [0, 0.1) is 5.92 Å². The molecule has 11 heteroatoms. The zero-order valence-corrected chi connectivity index (χ0v) is 19.8. The average Bonchev–Trinajstić information content (AvgIpc) is 2.80. The van der Waals surface area contributed by atoms with Gasteiger partial charge in [-0.25, -0.2) is 0 Å². The summed E-state index contributed by atoms with van der Waals surface area (Å²) in [6, 6.07) is 5.33. The van der Waals surface area contributed by atoms with Crippen LogP contribution in [-0.2, 0) is 19.1 Å². The molecule has 0 aliphatic carbocycles. The van der Waals surface area contributed by atoms with Gasteiger partial charge in [-0.1, -0.05) is 44.2 Å². The van der Waals surface area contributed by atoms with Crippen molar-refractivity contribution in [2.45, 2.75) is 70.1 Å². The van der Waals surface area contributed by atoms with Gasteiger partial charge in [0.05, 0.1) is 37.8 Å². The molecule has 2 amide bonds. The first-order chi connectivity index (χ1) is 16.0. The monoisotopic (exact) mass is 483 g/mol. The van der Waals surface area contributed by atoms with Crippen molar-refractivity contribution >= 4 is 17.8 Å². The Morgan fingerprint density at radius 3 is 2.15 bits per heavy atom. The maximum atomic E-state index is 12.6. The maximum absolute atomic E-state index is 12.6. The molecule has 8 N–H and O–H groups in total. The standard InChI is InChI=1S/C23H37N3O8/c1-4-34-18(28)11-16(14-8-6-5-7-9-14)25-23(33)21(31)20(30)19(29)17(12-27)26-22(32)15(24)10-13(2)3/h5-9,13,15-17,19-21,27,29-31H,4,10-12,24H2,1-3H3,(H,25,33)(H,26,32). The van der Waals surface area contributed by atoms with Crippen LogP contribution in [-0.4, -0.2) is 81.8 Å². The van der Waals surface area contributed by atoms with Gasteiger partial charge < -0.3 is 41.5 Å². The summed E-state index contributed by atoms with van der Waals surface area (Å²) in [5.74, 6) is -2.17. The van der Waals surface area contributed by atoms with Gasteiger partial charge in [-0.15, -0.1) is 0 Å². The van der Waals surface area contributed by atoms with E-state index in [-0.39, 0.29) is 18.9 Å². The smallest absolute Gasteiger partial charge is 0.308 e. The van der Waals surface area contributed by atoms with Crippen molar-refractivity contribution in [3.05, 3.63) is 35.9 Å². The number of hydrogen-bond acceptors (Lipinski definition) is 9. The number of benzene rings is 1. The zero-order valence-electron chi connectivity index (χ0n) is 19.8. The van der Waals surface area contributed by atoms with E-state index in [1.165, 1.54) is 0 Å². The molecule has 0 heterocycles. The molecule has 0 aromatic heterocycles. The third-order valence-corrected chi connectivity index (χ3v) is 5.14. The Hall–Kier alpha value is -2.57. The lowest BCUT2D eigenvalue weighted by molar-refractivity contribution is -0.146. The summed E-state index contributed by atoms with van der Waals surface area (Å²) in [5.41, 5.74) is 6.35. The van der Waals surface area contributed by atoms with Crippen LogP contribution in [0.3, 0.4) is 0 Å². The summed E-state index contributed by atoms with van der Waals surface area (Å²) in [5, 5.41) is 45.4. The van der Waals surface area contributed by atoms with E-state index in [1.807, 2.05) is 13.8 Å². The SMILES string of the molecule is CCOC(=O)CC(NC(=O)C(O)C(O)C(O)C(CO)NC(=O)C(N)CC(C)C)c1ccccc1. The minimum Gasteiger partial charge on any atom is -0.466 e. The summed E-state index contributed by atoms with van der Waals surface area (Å²) in [4.78, 5) is 36.8. The van der Waals surface area contributed by atoms with Gasteiger partial charge in [0.2, 0.25) is 5.91 Å². The Morgan fingerprint density at radius 1 is 1.00 bits per heavy atom. The van der Waals surface area contributed by atoms with Crippen LogP contribution in [0.2, 0.25) is 0 Å². The molecule has 1 aromatic rings. The molecule has 11 nitrogen and oxygen atoms in total. The van der Waals surface area contributed by atoms with Gasteiger partial charge in [-0.3, -0.25) is 14.4 Å². The Labute approximate surface area is 199 Å². The fourth-order valence-corrected chi connectivity index (χ4v) is 3.30. The molecule has 6 atom stereocenters. The van der Waals surface area contributed by atoms with E-state index in [0.717, 1.165) is 0 Å². The molecule has 0 aliphatic heterocycles. The lowest BCUT2D eigenvalue weighted by Gasteiger charge is -2.30. The first kappa shape index (κ1) is 29.5. The third-order valence-electron chi connectivity index (χ3n) is 5.14. The van der Waals surface area contributed by atoms with Crippen molar-refractivity contribution in [2.24, 2.45) is 11.7 Å². The van der Waals surface area contributed by atoms with Crippen molar-refractivity contribution < 1.29 is 39.5 Å². The maximum Gasteiger partial charge on any atom is 0.308 e. The van der Waals surface area contributed by atoms with E-state index in [1.54, 1.807) is 37.3 Å². The first-order valence-electron chi connectivity index (χ1n) is 11.2. The normalized spacial score (nSPS) is 16.6. The van der Waals surface area contributed by atoms with E-state index in [4.69, 9.17) is 10.5 Å². The molecule has 34 heavy (non-hydrogen) atoms. The molecular formula is C23H37N3O8. The molecule has 0 radical (unpaired) electrons. The fraction of sp³-hybridized carbons (Fsp3) is 0.609. The highest BCUT2D eigenvalue weighted by Gasteiger charge is 2.37. The largest absolute Gasteiger partial charge is 0.466 e. The van der Waals surface area contributed by atoms with Crippen LogP contribution in [0.1, 0.15) is 45.2 Å². The lowest BCUT2D eigenvalue weighted by Crippen LogP contribution is -2.58. The molecule has 1 aromatic carbocycles. The zero-order chi connectivity index (χ0) is 25.8. The van der Waals surface area contributed by atoms with E-state index < -0.39 is 60.8 Å². The Kier molecular flexibility index (Phi) is 12.7. The highest BCUT2D eigenvalue weighted by molar-refractivity contribution is 5.83. The molecule has 0 fully saturated rings. The number of hydrogen-bond donors (Lipinski definition) is 7. The van der Waals surface area contributed by atoms with Crippen molar-refractivity contribution in [1.82, 2.24) is 10.6 Å². The molecule has 0 saturated carbocycles. The molecule has 6 unspecified atom stereocenters. The van der Waals surface area contributed by atoms with Gasteiger partial charge in [0.25, 0.3) is 5.91 Å². The molecular weight excluding hydrogens is 446 g/mol. The molecule has 192 valence electrons. The van der Waals surface area contributed by atoms with Crippen molar-refractivity contribution in [1.29, 1.82) is 0 Å². The number of aliphatic hydroxyl groups is 4. The summed E-state index contributed by atoms with van der Waals surface area (Å²) in [6.07, 6.45) is -5.94. The van der Waals surface area contributed by atoms with E-state index in [0.29, 0.717) is 12.0 Å². The highest BCUT2D eigenvalue weighted by atomic mass is 16.5. The number of nitrogens with two attached hydrogens (primary N) is 1. The van der Waals surface area contributed by atoms with E-state index in [9.17, 15) is 34.8 Å². The highest BCUT2D eigenvalue weighted by Crippen LogP contribution is 2.18. The minimum atomic E-state index is -2.13. The lowest BCUT2D eigenvalue weighted by atomic mass is 9.98. The number of ether oxygens (including phenoxy) is 1. The molecule has 0 bridgehead atoms. The van der Waals surface area contributed by atoms with Crippen LogP contribution >= 0.6 is 0 Å². The Morgan fingerprint density at radius 2 is 1.62 bits per heavy atom. The van der Waals surface area contributed by atoms with Gasteiger partial charge in [-0.2, -0.15) is 0 Å². The summed E-state index contributed by atoms with van der Waals surface area (Å²) < 4.78 is 4.93. The quantitative estimate of drug-likeness (QED) is 0.158. The van der Waals surface area contributed by atoms with Crippen LogP contribution in [0.15, 0.2) is 30.3 Å². The van der Waals surface area contributed by atoms with Gasteiger partial charge in [-0.05, 0) is 24.8 Å². The first-order valence-corrected chi connectivity index (χ1v) is 11.2. The minimum absolute atomic E-state index is 0.126. The number of esters is 1. The average molecular weight is 484 g/mol. The predicted molar refractivity (Wildman–Crippen MR) is 123 cm³/mol. The van der Waals surface area contributed by atoms with Gasteiger partial charge in [0, 0.05) is 0 Å². The van der Waals surface area contributed by atoms with Crippen molar-refractivity contribution in [3.63, 3.8) is 0 Å². The van der Waals surface area contributed by atoms with Crippen molar-refractivity contribution in [3.8, 4) is 0 Å². The van der Waals surface area contributed by atoms with Crippen LogP contribution in [0.25, 0.3) is 0 Å². The topological polar surface area (TPSA) is 191 Å². The van der Waals surface area contributed by atoms with Crippen molar-refractivity contribution in [2.75, 3.05) is 13.2 Å². The summed E-state index contributed by atoms with van der Waals surface area (Å²) in [6.45, 7) is 4.75. The molecule has 0 saturated heterocycles. The van der Waals surface area contributed by atoms with E-state index >= 15 is 0 Å². The Bertz CT molecular complexity index is 777. The fourth-order valence-electron chi connectivity index (χ4n) is 3.30. The van der Waals surface area contributed by atoms with Gasteiger partial charge >= 0.3 is 5.97 Å². The van der Waals surface area contributed by atoms with Crippen LogP contribution < -0.4 is 16.4 Å². The summed E-state index contributed by atoms with van der Waals surface area (Å²) >= 11 is 0. The number of carbonyl (C=O) groups excluding carboxylic acids is 3. The number of amides is 2. The van der Waals surface area contributed by atoms with Gasteiger partial charge in [0.1, 0.15) is 12.2 Å². The second-order valence-electron chi connectivity index (χ2n) is 8.44. The van der Waals surface area contributed by atoms with Crippen LogP contribution in [0.5, 0.6) is 0 Å². The summed E-state index contributed by atoms with van der Waals surface area (Å²) in [7, 11) is 0. The molecule has 1 rings (SSSR count). The number of nitrogens with one attached hydrogen (secondary N) is 2. The molecule has 0 spiro atoms. The second kappa shape index (κ2) is 14.6. The predicted octanol–water partition coefficient (Wildman–Crippen LogP) is -1.27. The third kappa shape index (κ3) is 9.35.